The summed E-state index contributed by atoms with van der Waals surface area (Å²) in [7, 11) is -3.66. The van der Waals surface area contributed by atoms with E-state index >= 15 is 0 Å². The number of hydrogen-bond acceptors (Lipinski definition) is 4. The lowest BCUT2D eigenvalue weighted by molar-refractivity contribution is 0.0876. The molecule has 1 aliphatic rings. The van der Waals surface area contributed by atoms with Crippen LogP contribution < -0.4 is 5.73 Å². The highest BCUT2D eigenvalue weighted by Gasteiger charge is 2.39. The van der Waals surface area contributed by atoms with Gasteiger partial charge >= 0.3 is 0 Å². The Bertz CT molecular complexity index is 536. The molecule has 1 aliphatic heterocycles. The lowest BCUT2D eigenvalue weighted by Crippen LogP contribution is -2.29. The Morgan fingerprint density at radius 1 is 1.40 bits per heavy atom. The molecule has 1 aromatic carbocycles. The molecule has 1 amide bonds. The van der Waals surface area contributed by atoms with Gasteiger partial charge in [0.2, 0.25) is 0 Å². The normalized spacial score (nSPS) is 17.9. The van der Waals surface area contributed by atoms with Crippen LogP contribution in [-0.4, -0.2) is 25.2 Å². The Balaban J connectivity index is 2.75. The van der Waals surface area contributed by atoms with E-state index in [1.807, 2.05) is 0 Å². The summed E-state index contributed by atoms with van der Waals surface area (Å²) in [4.78, 5) is 11.7. The van der Waals surface area contributed by atoms with Gasteiger partial charge in [-0.15, -0.1) is 0 Å². The van der Waals surface area contributed by atoms with Gasteiger partial charge in [0, 0.05) is 12.2 Å². The van der Waals surface area contributed by atoms with Gasteiger partial charge in [0.25, 0.3) is 15.9 Å². The van der Waals surface area contributed by atoms with Crippen LogP contribution in [0.1, 0.15) is 17.3 Å². The fourth-order valence-electron chi connectivity index (χ4n) is 1.60. The fraction of sp³-hybridized carbons (Fsp3) is 0.222. The number of sulfonamides is 1. The van der Waals surface area contributed by atoms with Crippen molar-refractivity contribution in [2.75, 3.05) is 12.3 Å². The van der Waals surface area contributed by atoms with E-state index in [2.05, 4.69) is 0 Å². The first-order chi connectivity index (χ1) is 6.98. The van der Waals surface area contributed by atoms with Crippen molar-refractivity contribution in [3.05, 3.63) is 23.8 Å². The molecule has 0 bridgehead atoms. The molecule has 0 radical (unpaired) electrons. The van der Waals surface area contributed by atoms with Gasteiger partial charge in [0.1, 0.15) is 4.90 Å². The average molecular weight is 226 g/mol. The molecule has 15 heavy (non-hydrogen) atoms. The summed E-state index contributed by atoms with van der Waals surface area (Å²) in [6.07, 6.45) is 0. The summed E-state index contributed by atoms with van der Waals surface area (Å²) >= 11 is 0. The molecule has 5 nitrogen and oxygen atoms in total. The SMILES string of the molecule is CCN1C(=O)c2ccc(N)cc2S1(=O)=O. The molecule has 0 saturated carbocycles. The van der Waals surface area contributed by atoms with E-state index in [1.165, 1.54) is 18.2 Å². The molecule has 0 unspecified atom stereocenters. The highest BCUT2D eigenvalue weighted by Crippen LogP contribution is 2.31. The maximum absolute atomic E-state index is 11.8. The number of nitrogens with two attached hydrogens (primary N) is 1. The van der Waals surface area contributed by atoms with E-state index in [0.29, 0.717) is 5.69 Å². The highest BCUT2D eigenvalue weighted by atomic mass is 32.2. The molecule has 0 saturated heterocycles. The summed E-state index contributed by atoms with van der Waals surface area (Å²) in [6.45, 7) is 1.75. The molecule has 2 rings (SSSR count). The Labute approximate surface area is 87.5 Å². The molecule has 0 fully saturated rings. The molecule has 0 aromatic heterocycles. The molecule has 0 spiro atoms. The molecule has 0 aliphatic carbocycles. The second-order valence-corrected chi connectivity index (χ2v) is 5.06. The topological polar surface area (TPSA) is 80.5 Å². The van der Waals surface area contributed by atoms with E-state index in [-0.39, 0.29) is 17.0 Å². The number of rotatable bonds is 1. The minimum Gasteiger partial charge on any atom is -0.399 e. The van der Waals surface area contributed by atoms with Gasteiger partial charge in [-0.05, 0) is 25.1 Å². The number of carbonyl (C=O) groups is 1. The summed E-state index contributed by atoms with van der Waals surface area (Å²) in [6, 6.07) is 4.28. The third-order valence-corrected chi connectivity index (χ3v) is 4.22. The first-order valence-electron chi connectivity index (χ1n) is 4.45. The maximum Gasteiger partial charge on any atom is 0.268 e. The zero-order valence-electron chi connectivity index (χ0n) is 8.10. The fourth-order valence-corrected chi connectivity index (χ4v) is 3.22. The molecule has 80 valence electrons. The largest absolute Gasteiger partial charge is 0.399 e. The van der Waals surface area contributed by atoms with E-state index in [4.69, 9.17) is 5.73 Å². The van der Waals surface area contributed by atoms with E-state index in [1.54, 1.807) is 6.92 Å². The predicted molar refractivity (Wildman–Crippen MR) is 54.8 cm³/mol. The smallest absolute Gasteiger partial charge is 0.268 e. The molecule has 6 heteroatoms. The number of anilines is 1. The number of nitrogen functional groups attached to an aromatic ring is 1. The van der Waals surface area contributed by atoms with Gasteiger partial charge in [-0.25, -0.2) is 12.7 Å². The van der Waals surface area contributed by atoms with Crippen LogP contribution in [0, 0.1) is 0 Å². The standard InChI is InChI=1S/C9H10N2O3S/c1-2-11-9(12)7-4-3-6(10)5-8(7)15(11,13)14/h3-5H,2,10H2,1H3. The second kappa shape index (κ2) is 2.96. The number of amides is 1. The van der Waals surface area contributed by atoms with Crippen LogP contribution in [0.3, 0.4) is 0 Å². The number of carbonyl (C=O) groups excluding carboxylic acids is 1. The second-order valence-electron chi connectivity index (χ2n) is 3.23. The molecular weight excluding hydrogens is 216 g/mol. The van der Waals surface area contributed by atoms with Crippen molar-refractivity contribution < 1.29 is 13.2 Å². The third kappa shape index (κ3) is 1.21. The molecular formula is C9H10N2O3S. The lowest BCUT2D eigenvalue weighted by Gasteiger charge is -2.10. The maximum atomic E-state index is 11.8. The minimum atomic E-state index is -3.66. The van der Waals surface area contributed by atoms with Crippen LogP contribution in [0.25, 0.3) is 0 Å². The first kappa shape index (κ1) is 9.97. The first-order valence-corrected chi connectivity index (χ1v) is 5.89. The van der Waals surface area contributed by atoms with Crippen LogP contribution >= 0.6 is 0 Å². The lowest BCUT2D eigenvalue weighted by atomic mass is 10.2. The molecule has 0 atom stereocenters. The van der Waals surface area contributed by atoms with Gasteiger partial charge in [-0.1, -0.05) is 0 Å². The predicted octanol–water partition coefficient (Wildman–Crippen LogP) is 0.433. The molecule has 1 heterocycles. The van der Waals surface area contributed by atoms with Crippen LogP contribution in [0.5, 0.6) is 0 Å². The van der Waals surface area contributed by atoms with Gasteiger partial charge in [0.15, 0.2) is 0 Å². The summed E-state index contributed by atoms with van der Waals surface area (Å²) in [5.74, 6) is -0.479. The Morgan fingerprint density at radius 2 is 2.07 bits per heavy atom. The summed E-state index contributed by atoms with van der Waals surface area (Å²) in [5.41, 5.74) is 6.03. The molecule has 1 aromatic rings. The van der Waals surface area contributed by atoms with Crippen molar-refractivity contribution in [2.45, 2.75) is 11.8 Å². The van der Waals surface area contributed by atoms with Gasteiger partial charge < -0.3 is 5.73 Å². The number of hydrogen-bond donors (Lipinski definition) is 1. The Hall–Kier alpha value is -1.56. The van der Waals surface area contributed by atoms with Gasteiger partial charge in [0.05, 0.1) is 5.56 Å². The number of nitrogens with zero attached hydrogens (tertiary/aromatic N) is 1. The van der Waals surface area contributed by atoms with E-state index in [9.17, 15) is 13.2 Å². The zero-order valence-corrected chi connectivity index (χ0v) is 8.91. The Kier molecular flexibility index (Phi) is 1.97. The van der Waals surface area contributed by atoms with E-state index < -0.39 is 15.9 Å². The molecule has 2 N–H and O–H groups in total. The van der Waals surface area contributed by atoms with Crippen LogP contribution in [0.15, 0.2) is 23.1 Å². The highest BCUT2D eigenvalue weighted by molar-refractivity contribution is 7.90. The third-order valence-electron chi connectivity index (χ3n) is 2.32. The number of fused-ring (bicyclic) bond motifs is 1. The van der Waals surface area contributed by atoms with Crippen LogP contribution in [0.2, 0.25) is 0 Å². The van der Waals surface area contributed by atoms with Crippen molar-refractivity contribution in [3.8, 4) is 0 Å². The minimum absolute atomic E-state index is 0.00866. The number of benzene rings is 1. The van der Waals surface area contributed by atoms with E-state index in [0.717, 1.165) is 4.31 Å². The zero-order chi connectivity index (χ0) is 11.2. The Morgan fingerprint density at radius 3 is 2.67 bits per heavy atom. The van der Waals surface area contributed by atoms with Crippen molar-refractivity contribution >= 4 is 21.6 Å². The van der Waals surface area contributed by atoms with Gasteiger partial charge in [-0.2, -0.15) is 0 Å². The van der Waals surface area contributed by atoms with Crippen LogP contribution in [0.4, 0.5) is 5.69 Å². The van der Waals surface area contributed by atoms with Crippen molar-refractivity contribution in [2.24, 2.45) is 0 Å². The van der Waals surface area contributed by atoms with Gasteiger partial charge in [-0.3, -0.25) is 4.79 Å². The summed E-state index contributed by atoms with van der Waals surface area (Å²) in [5, 5.41) is 0. The summed E-state index contributed by atoms with van der Waals surface area (Å²) < 4.78 is 24.5. The van der Waals surface area contributed by atoms with Crippen molar-refractivity contribution in [1.29, 1.82) is 0 Å². The quantitative estimate of drug-likeness (QED) is 0.704. The monoisotopic (exact) mass is 226 g/mol. The average Bonchev–Trinajstić information content (AvgIpc) is 2.35. The van der Waals surface area contributed by atoms with Crippen molar-refractivity contribution in [1.82, 2.24) is 4.31 Å². The van der Waals surface area contributed by atoms with Crippen molar-refractivity contribution in [3.63, 3.8) is 0 Å². The van der Waals surface area contributed by atoms with Crippen LogP contribution in [-0.2, 0) is 10.0 Å².